The molecule has 0 unspecified atom stereocenters. The molecule has 2 aliphatic carbocycles. The molecule has 1 saturated heterocycles. The van der Waals surface area contributed by atoms with Crippen LogP contribution in [-0.2, 0) is 21.4 Å². The third-order valence-corrected chi connectivity index (χ3v) is 10.1. The van der Waals surface area contributed by atoms with Crippen molar-refractivity contribution in [2.24, 2.45) is 11.8 Å². The van der Waals surface area contributed by atoms with Gasteiger partial charge in [-0.3, -0.25) is 19.5 Å². The van der Waals surface area contributed by atoms with Crippen LogP contribution in [0.1, 0.15) is 94.1 Å². The van der Waals surface area contributed by atoms with Gasteiger partial charge in [-0.1, -0.05) is 52.4 Å². The molecule has 2 aliphatic heterocycles. The Bertz CT molecular complexity index is 1160. The molecular formula is C29H43ClN4O4S. The zero-order valence-corrected chi connectivity index (χ0v) is 25.1. The van der Waals surface area contributed by atoms with Crippen LogP contribution in [0.5, 0.6) is 0 Å². The number of fused-ring (bicyclic) bond motifs is 1. The molecule has 0 spiro atoms. The van der Waals surface area contributed by atoms with Crippen molar-refractivity contribution < 1.29 is 18.0 Å². The first-order valence-corrected chi connectivity index (χ1v) is 16.3. The van der Waals surface area contributed by atoms with Crippen LogP contribution in [-0.4, -0.2) is 70.2 Å². The standard InChI is InChI=1S/C29H42N4O4S.ClH/c1-20(2)26-27-25(33(29(26)35)38(3,36)37)16-17-31(27)28(34)21-14-15-22(30-18-21)19-32(23-10-6-4-7-11-23)24-12-8-5-9-13-24;/h14-16,18,20,23-24,26-27H,4-13,17,19H2,1-3H3;1H/t26-,27+;/m1./s1. The molecule has 3 heterocycles. The van der Waals surface area contributed by atoms with Gasteiger partial charge in [-0.25, -0.2) is 12.7 Å². The van der Waals surface area contributed by atoms with Gasteiger partial charge < -0.3 is 4.90 Å². The van der Waals surface area contributed by atoms with Crippen LogP contribution < -0.4 is 0 Å². The van der Waals surface area contributed by atoms with E-state index in [1.165, 1.54) is 64.2 Å². The van der Waals surface area contributed by atoms with Gasteiger partial charge in [0, 0.05) is 31.4 Å². The van der Waals surface area contributed by atoms with Crippen LogP contribution in [0.3, 0.4) is 0 Å². The molecule has 1 aromatic rings. The maximum Gasteiger partial charge on any atom is 0.256 e. The number of nitrogens with zero attached hydrogens (tertiary/aromatic N) is 4. The first-order valence-electron chi connectivity index (χ1n) is 14.4. The van der Waals surface area contributed by atoms with Gasteiger partial charge in [0.15, 0.2) is 0 Å². The Morgan fingerprint density at radius 3 is 2.10 bits per heavy atom. The summed E-state index contributed by atoms with van der Waals surface area (Å²) in [5, 5.41) is 0. The highest BCUT2D eigenvalue weighted by molar-refractivity contribution is 7.89. The van der Waals surface area contributed by atoms with E-state index in [9.17, 15) is 18.0 Å². The highest BCUT2D eigenvalue weighted by atomic mass is 35.5. The summed E-state index contributed by atoms with van der Waals surface area (Å²) < 4.78 is 25.7. The van der Waals surface area contributed by atoms with Crippen molar-refractivity contribution in [2.45, 2.75) is 103 Å². The van der Waals surface area contributed by atoms with Gasteiger partial charge in [0.1, 0.15) is 0 Å². The minimum Gasteiger partial charge on any atom is -0.325 e. The minimum absolute atomic E-state index is 0. The second-order valence-corrected chi connectivity index (χ2v) is 13.8. The molecule has 1 aromatic heterocycles. The Morgan fingerprint density at radius 2 is 1.62 bits per heavy atom. The molecule has 4 aliphatic rings. The van der Waals surface area contributed by atoms with Gasteiger partial charge in [-0.15, -0.1) is 12.4 Å². The van der Waals surface area contributed by atoms with Crippen molar-refractivity contribution in [1.82, 2.24) is 19.1 Å². The largest absolute Gasteiger partial charge is 0.325 e. The summed E-state index contributed by atoms with van der Waals surface area (Å²) in [6.07, 6.45) is 17.3. The highest BCUT2D eigenvalue weighted by Gasteiger charge is 2.54. The van der Waals surface area contributed by atoms with Gasteiger partial charge in [-0.05, 0) is 49.8 Å². The number of sulfonamides is 1. The lowest BCUT2D eigenvalue weighted by molar-refractivity contribution is -0.128. The number of amides is 2. The van der Waals surface area contributed by atoms with E-state index >= 15 is 0 Å². The molecule has 5 rings (SSSR count). The lowest BCUT2D eigenvalue weighted by Gasteiger charge is -2.41. The van der Waals surface area contributed by atoms with Crippen LogP contribution in [0.4, 0.5) is 0 Å². The Morgan fingerprint density at radius 1 is 1.03 bits per heavy atom. The molecule has 2 amide bonds. The molecule has 2 atom stereocenters. The van der Waals surface area contributed by atoms with Gasteiger partial charge in [0.25, 0.3) is 5.91 Å². The molecule has 0 N–H and O–H groups in total. The summed E-state index contributed by atoms with van der Waals surface area (Å²) in [5.74, 6) is -1.36. The van der Waals surface area contributed by atoms with Gasteiger partial charge in [0.05, 0.1) is 35.2 Å². The van der Waals surface area contributed by atoms with Gasteiger partial charge >= 0.3 is 0 Å². The van der Waals surface area contributed by atoms with E-state index in [1.54, 1.807) is 17.2 Å². The molecule has 2 saturated carbocycles. The number of halogens is 1. The highest BCUT2D eigenvalue weighted by Crippen LogP contribution is 2.42. The molecule has 8 nitrogen and oxygen atoms in total. The van der Waals surface area contributed by atoms with Crippen molar-refractivity contribution in [3.05, 3.63) is 41.4 Å². The summed E-state index contributed by atoms with van der Waals surface area (Å²) in [6.45, 7) is 4.89. The maximum absolute atomic E-state index is 13.6. The van der Waals surface area contributed by atoms with Crippen LogP contribution in [0.15, 0.2) is 30.1 Å². The number of rotatable bonds is 7. The average Bonchev–Trinajstić information content (AvgIpc) is 3.44. The van der Waals surface area contributed by atoms with Crippen molar-refractivity contribution in [3.8, 4) is 0 Å². The monoisotopic (exact) mass is 578 g/mol. The van der Waals surface area contributed by atoms with E-state index in [1.807, 2.05) is 26.0 Å². The molecule has 3 fully saturated rings. The molecule has 10 heteroatoms. The maximum atomic E-state index is 13.6. The summed E-state index contributed by atoms with van der Waals surface area (Å²) in [4.78, 5) is 35.8. The lowest BCUT2D eigenvalue weighted by Crippen LogP contribution is -2.44. The Kier molecular flexibility index (Phi) is 9.44. The van der Waals surface area contributed by atoms with E-state index in [0.717, 1.165) is 22.8 Å². The Labute approximate surface area is 239 Å². The second-order valence-electron chi connectivity index (χ2n) is 12.0. The normalized spacial score (nSPS) is 24.7. The summed E-state index contributed by atoms with van der Waals surface area (Å²) >= 11 is 0. The van der Waals surface area contributed by atoms with Crippen LogP contribution >= 0.6 is 12.4 Å². The third kappa shape index (κ3) is 6.05. The molecule has 39 heavy (non-hydrogen) atoms. The predicted molar refractivity (Wildman–Crippen MR) is 154 cm³/mol. The molecule has 216 valence electrons. The van der Waals surface area contributed by atoms with E-state index in [-0.39, 0.29) is 30.8 Å². The second kappa shape index (κ2) is 12.3. The number of carbonyl (C=O) groups excluding carboxylic acids is 2. The smallest absolute Gasteiger partial charge is 0.256 e. The fraction of sp³-hybridized carbons (Fsp3) is 0.690. The fourth-order valence-corrected chi connectivity index (χ4v) is 8.17. The summed E-state index contributed by atoms with van der Waals surface area (Å²) in [5.41, 5.74) is 1.86. The van der Waals surface area contributed by atoms with Gasteiger partial charge in [-0.2, -0.15) is 0 Å². The molecule has 0 radical (unpaired) electrons. The first kappa shape index (κ1) is 30.0. The fourth-order valence-electron chi connectivity index (χ4n) is 7.16. The number of hydrogen-bond acceptors (Lipinski definition) is 6. The Hall–Kier alpha value is -1.97. The minimum atomic E-state index is -3.76. The average molecular weight is 579 g/mol. The SMILES string of the molecule is CC(C)[C@H]1C(=O)N(S(C)(=O)=O)C2=CCN(C(=O)c3ccc(CN(C4CCCCC4)C4CCCCC4)nc3)[C@@H]21.Cl. The van der Waals surface area contributed by atoms with E-state index in [2.05, 4.69) is 4.90 Å². The molecule has 0 bridgehead atoms. The quantitative estimate of drug-likeness (QED) is 0.464. The van der Waals surface area contributed by atoms with Crippen molar-refractivity contribution in [2.75, 3.05) is 12.8 Å². The number of aromatic nitrogens is 1. The molecular weight excluding hydrogens is 536 g/mol. The summed E-state index contributed by atoms with van der Waals surface area (Å²) in [7, 11) is -3.76. The van der Waals surface area contributed by atoms with Crippen LogP contribution in [0.2, 0.25) is 0 Å². The zero-order chi connectivity index (χ0) is 27.0. The topological polar surface area (TPSA) is 90.9 Å². The predicted octanol–water partition coefficient (Wildman–Crippen LogP) is 4.75. The Balaban J connectivity index is 0.00000353. The number of carbonyl (C=O) groups is 2. The lowest BCUT2D eigenvalue weighted by atomic mass is 9.88. The zero-order valence-electron chi connectivity index (χ0n) is 23.4. The summed E-state index contributed by atoms with van der Waals surface area (Å²) in [6, 6.07) is 4.48. The van der Waals surface area contributed by atoms with E-state index in [0.29, 0.717) is 23.3 Å². The van der Waals surface area contributed by atoms with Crippen LogP contribution in [0, 0.1) is 11.8 Å². The number of pyridine rings is 1. The van der Waals surface area contributed by atoms with Crippen molar-refractivity contribution >= 4 is 34.2 Å². The number of hydrogen-bond donors (Lipinski definition) is 0. The van der Waals surface area contributed by atoms with Gasteiger partial charge in [0.2, 0.25) is 15.9 Å². The third-order valence-electron chi connectivity index (χ3n) is 9.01. The molecule has 0 aromatic carbocycles. The van der Waals surface area contributed by atoms with E-state index < -0.39 is 27.9 Å². The first-order chi connectivity index (χ1) is 18.2. The van der Waals surface area contributed by atoms with Crippen LogP contribution in [0.25, 0.3) is 0 Å². The van der Waals surface area contributed by atoms with Crippen molar-refractivity contribution in [1.29, 1.82) is 0 Å². The van der Waals surface area contributed by atoms with Crippen molar-refractivity contribution in [3.63, 3.8) is 0 Å². The van der Waals surface area contributed by atoms with E-state index in [4.69, 9.17) is 4.98 Å².